The van der Waals surface area contributed by atoms with E-state index < -0.39 is 18.0 Å². The summed E-state index contributed by atoms with van der Waals surface area (Å²) < 4.78 is 6.49. The van der Waals surface area contributed by atoms with Gasteiger partial charge in [0.25, 0.3) is 30.0 Å². The molecule has 0 radical (unpaired) electrons. The van der Waals surface area contributed by atoms with Crippen LogP contribution in [0, 0.1) is 12.8 Å². The van der Waals surface area contributed by atoms with Gasteiger partial charge in [-0.1, -0.05) is 5.16 Å². The lowest BCUT2D eigenvalue weighted by Gasteiger charge is -2.32. The van der Waals surface area contributed by atoms with E-state index >= 15 is 0 Å². The summed E-state index contributed by atoms with van der Waals surface area (Å²) >= 11 is 0. The van der Waals surface area contributed by atoms with Crippen molar-refractivity contribution in [2.45, 2.75) is 25.8 Å². The van der Waals surface area contributed by atoms with E-state index in [1.54, 1.807) is 29.5 Å². The minimum Gasteiger partial charge on any atom is -0.360 e. The summed E-state index contributed by atoms with van der Waals surface area (Å²) in [5, 5.41) is 6.49. The molecule has 12 heteroatoms. The molecule has 5 amide bonds. The van der Waals surface area contributed by atoms with Gasteiger partial charge in [0, 0.05) is 39.2 Å². The number of carbonyl (C=O) groups is 4. The van der Waals surface area contributed by atoms with Gasteiger partial charge in [-0.05, 0) is 24.8 Å². The minimum absolute atomic E-state index is 0.0334. The number of anilines is 1. The Labute approximate surface area is 178 Å². The fourth-order valence-electron chi connectivity index (χ4n) is 3.97. The Balaban J connectivity index is 1.31. The number of aryl methyl sites for hydroxylation is 1. The third-order valence-corrected chi connectivity index (χ3v) is 5.81. The second kappa shape index (κ2) is 7.93. The van der Waals surface area contributed by atoms with Crippen molar-refractivity contribution in [1.82, 2.24) is 19.9 Å². The monoisotopic (exact) mass is 430 g/mol. The second-order valence-electron chi connectivity index (χ2n) is 7.88. The molecule has 4 rings (SSSR count). The number of imide groups is 1. The zero-order valence-corrected chi connectivity index (χ0v) is 17.6. The highest BCUT2D eigenvalue weighted by molar-refractivity contribution is 6.21. The van der Waals surface area contributed by atoms with E-state index in [1.165, 1.54) is 18.3 Å². The number of aromatic nitrogens is 1. The van der Waals surface area contributed by atoms with Crippen LogP contribution in [-0.2, 0) is 14.4 Å². The van der Waals surface area contributed by atoms with Crippen molar-refractivity contribution in [2.75, 3.05) is 39.0 Å². The molecular formula is C19H24N7O5+. The molecule has 164 valence electrons. The number of likely N-dealkylation sites (N-methyl/N-ethyl adjacent to an activating group) is 2. The molecule has 4 heterocycles. The van der Waals surface area contributed by atoms with Crippen molar-refractivity contribution in [3.63, 3.8) is 0 Å². The van der Waals surface area contributed by atoms with Crippen molar-refractivity contribution in [3.8, 4) is 0 Å². The lowest BCUT2D eigenvalue weighted by Crippen LogP contribution is -2.62. The summed E-state index contributed by atoms with van der Waals surface area (Å²) in [6.45, 7) is 2.59. The average molecular weight is 430 g/mol. The number of piperidine rings is 1. The number of nitrogens with one attached hydrogen (secondary N) is 1. The quantitative estimate of drug-likeness (QED) is 0.641. The van der Waals surface area contributed by atoms with Gasteiger partial charge in [-0.15, -0.1) is 0 Å². The van der Waals surface area contributed by atoms with Gasteiger partial charge in [0.1, 0.15) is 5.76 Å². The van der Waals surface area contributed by atoms with Crippen LogP contribution in [0.2, 0.25) is 0 Å². The van der Waals surface area contributed by atoms with E-state index in [0.29, 0.717) is 43.3 Å². The Morgan fingerprint density at radius 2 is 1.94 bits per heavy atom. The van der Waals surface area contributed by atoms with E-state index in [4.69, 9.17) is 4.52 Å². The molecule has 0 spiro atoms. The van der Waals surface area contributed by atoms with E-state index in [9.17, 15) is 19.2 Å². The van der Waals surface area contributed by atoms with Gasteiger partial charge >= 0.3 is 6.03 Å². The topological polar surface area (TPSA) is 131 Å². The van der Waals surface area contributed by atoms with Crippen LogP contribution in [0.1, 0.15) is 18.6 Å². The molecular weight excluding hydrogens is 406 g/mol. The van der Waals surface area contributed by atoms with Crippen molar-refractivity contribution in [3.05, 3.63) is 11.8 Å². The first-order valence-electron chi connectivity index (χ1n) is 10.00. The number of hydrogen-bond donors (Lipinski definition) is 1. The maximum Gasteiger partial charge on any atom is 0.333 e. The van der Waals surface area contributed by atoms with Crippen molar-refractivity contribution in [2.24, 2.45) is 10.9 Å². The van der Waals surface area contributed by atoms with E-state index in [0.717, 1.165) is 4.90 Å². The van der Waals surface area contributed by atoms with Gasteiger partial charge in [0.15, 0.2) is 12.4 Å². The molecule has 1 unspecified atom stereocenters. The smallest absolute Gasteiger partial charge is 0.333 e. The molecule has 3 aliphatic heterocycles. The first kappa shape index (κ1) is 20.7. The van der Waals surface area contributed by atoms with Crippen LogP contribution in [0.15, 0.2) is 15.6 Å². The second-order valence-corrected chi connectivity index (χ2v) is 7.88. The third-order valence-electron chi connectivity index (χ3n) is 5.81. The largest absolute Gasteiger partial charge is 0.360 e. The maximum absolute atomic E-state index is 12.8. The predicted molar refractivity (Wildman–Crippen MR) is 108 cm³/mol. The molecule has 0 saturated carbocycles. The number of hydrogen-bond acceptors (Lipinski definition) is 7. The van der Waals surface area contributed by atoms with Crippen LogP contribution >= 0.6 is 0 Å². The van der Waals surface area contributed by atoms with Gasteiger partial charge < -0.3 is 14.7 Å². The lowest BCUT2D eigenvalue weighted by molar-refractivity contribution is -0.520. The highest BCUT2D eigenvalue weighted by Gasteiger charge is 2.51. The van der Waals surface area contributed by atoms with E-state index in [2.05, 4.69) is 15.5 Å². The first-order chi connectivity index (χ1) is 14.8. The molecule has 2 fully saturated rings. The molecule has 0 aromatic carbocycles. The van der Waals surface area contributed by atoms with Crippen LogP contribution < -0.4 is 5.32 Å². The molecule has 0 aliphatic carbocycles. The molecule has 1 aromatic heterocycles. The summed E-state index contributed by atoms with van der Waals surface area (Å²) in [7, 11) is 2.96. The van der Waals surface area contributed by atoms with Crippen LogP contribution in [0.4, 0.5) is 10.6 Å². The molecule has 0 bridgehead atoms. The molecule has 3 aliphatic rings. The Bertz CT molecular complexity index is 1010. The zero-order valence-electron chi connectivity index (χ0n) is 17.6. The number of likely N-dealkylation sites (tertiary alicyclic amines) is 1. The van der Waals surface area contributed by atoms with Gasteiger partial charge in [-0.25, -0.2) is 9.37 Å². The molecule has 2 saturated heterocycles. The molecule has 1 atom stereocenters. The van der Waals surface area contributed by atoms with Crippen LogP contribution in [0.5, 0.6) is 0 Å². The number of urea groups is 1. The predicted octanol–water partition coefficient (Wildman–Crippen LogP) is -0.495. The fourth-order valence-corrected chi connectivity index (χ4v) is 3.97. The number of rotatable bonds is 4. The molecule has 1 aromatic rings. The minimum atomic E-state index is -0.786. The van der Waals surface area contributed by atoms with Gasteiger partial charge in [0.2, 0.25) is 5.91 Å². The SMILES string of the molecule is Cc1cc(NC(=O)C2CCN(C(=O)C[N+]3=CN=C4C3C(=O)N(C)C(=O)N4C)CC2)no1. The third kappa shape index (κ3) is 3.80. The summed E-state index contributed by atoms with van der Waals surface area (Å²) in [5.41, 5.74) is 0. The number of amides is 5. The first-order valence-corrected chi connectivity index (χ1v) is 10.00. The highest BCUT2D eigenvalue weighted by atomic mass is 16.5. The van der Waals surface area contributed by atoms with Crippen molar-refractivity contribution in [1.29, 1.82) is 0 Å². The summed E-state index contributed by atoms with van der Waals surface area (Å²) in [5.74, 6) is 0.374. The Kier molecular flexibility index (Phi) is 5.29. The van der Waals surface area contributed by atoms with Gasteiger partial charge in [0.05, 0.1) is 0 Å². The molecule has 31 heavy (non-hydrogen) atoms. The van der Waals surface area contributed by atoms with Gasteiger partial charge in [-0.3, -0.25) is 24.2 Å². The zero-order chi connectivity index (χ0) is 22.3. The van der Waals surface area contributed by atoms with E-state index in [-0.39, 0.29) is 24.3 Å². The van der Waals surface area contributed by atoms with Crippen molar-refractivity contribution < 1.29 is 28.3 Å². The molecule has 12 nitrogen and oxygen atoms in total. The van der Waals surface area contributed by atoms with Crippen LogP contribution in [-0.4, -0.2) is 100 Å². The maximum atomic E-state index is 12.8. The Hall–Kier alpha value is -3.57. The Morgan fingerprint density at radius 3 is 2.58 bits per heavy atom. The average Bonchev–Trinajstić information content (AvgIpc) is 3.36. The number of nitrogens with zero attached hydrogens (tertiary/aromatic N) is 6. The number of carbonyl (C=O) groups excluding carboxylic acids is 4. The number of aliphatic imine (C=N–C) groups is 1. The number of amidine groups is 1. The van der Waals surface area contributed by atoms with Crippen LogP contribution in [0.25, 0.3) is 0 Å². The summed E-state index contributed by atoms with van der Waals surface area (Å²) in [4.78, 5) is 58.0. The lowest BCUT2D eigenvalue weighted by atomic mass is 9.96. The highest BCUT2D eigenvalue weighted by Crippen LogP contribution is 2.21. The van der Waals surface area contributed by atoms with Crippen LogP contribution in [0.3, 0.4) is 0 Å². The van der Waals surface area contributed by atoms with Gasteiger partial charge in [-0.2, -0.15) is 0 Å². The summed E-state index contributed by atoms with van der Waals surface area (Å²) in [6, 6.07) is 0.405. The Morgan fingerprint density at radius 1 is 1.23 bits per heavy atom. The summed E-state index contributed by atoms with van der Waals surface area (Å²) in [6.07, 6.45) is 2.49. The number of fused-ring (bicyclic) bond motifs is 1. The van der Waals surface area contributed by atoms with E-state index in [1.807, 2.05) is 0 Å². The molecule has 1 N–H and O–H groups in total. The van der Waals surface area contributed by atoms with Crippen molar-refractivity contribution >= 4 is 41.7 Å². The standard InChI is InChI=1S/C19H23N7O5/c1-11-8-13(22-31-11)21-17(28)12-4-6-25(7-5-12)14(27)9-26-10-20-16-15(26)18(29)24(3)19(30)23(16)2/h8,10,12,15H,4-7,9H2,1-3H3/p+1. The fraction of sp³-hybridized carbons (Fsp3) is 0.526. The normalized spacial score (nSPS) is 21.8.